The van der Waals surface area contributed by atoms with Gasteiger partial charge in [-0.2, -0.15) is 0 Å². The highest BCUT2D eigenvalue weighted by molar-refractivity contribution is 7.22. The first-order valence-electron chi connectivity index (χ1n) is 23.0. The summed E-state index contributed by atoms with van der Waals surface area (Å²) in [4.78, 5) is 3.89. The Morgan fingerprint density at radius 2 is 0.682 bits per heavy atom. The Kier molecular flexibility index (Phi) is 7.30. The van der Waals surface area contributed by atoms with Crippen LogP contribution in [0.5, 0.6) is 0 Å². The van der Waals surface area contributed by atoms with E-state index < -0.39 is 10.8 Å². The number of hydrogen-bond donors (Lipinski definition) is 0. The van der Waals surface area contributed by atoms with Gasteiger partial charge in [0.1, 0.15) is 0 Å². The molecule has 0 N–H and O–H groups in total. The molecule has 0 fully saturated rings. The van der Waals surface area contributed by atoms with Crippen LogP contribution >= 0.6 is 11.3 Å². The highest BCUT2D eigenvalue weighted by Gasteiger charge is 2.54. The molecular weight excluding hydrogens is 815 g/mol. The number of benzene rings is 10. The smallest absolute Gasteiger partial charge is 0.0740 e. The summed E-state index contributed by atoms with van der Waals surface area (Å²) in [6, 6.07) is 89.2. The van der Waals surface area contributed by atoms with E-state index in [-0.39, 0.29) is 0 Å². The predicted octanol–water partition coefficient (Wildman–Crippen LogP) is 16.7. The summed E-state index contributed by atoms with van der Waals surface area (Å²) in [7, 11) is 0. The van der Waals surface area contributed by atoms with Crippen LogP contribution < -0.4 is 4.90 Å². The fourth-order valence-electron chi connectivity index (χ4n) is 12.8. The normalized spacial score (nSPS) is 14.3. The highest BCUT2D eigenvalue weighted by atomic mass is 32.1. The highest BCUT2D eigenvalue weighted by Crippen LogP contribution is 2.67. The lowest BCUT2D eigenvalue weighted by atomic mass is 9.70. The van der Waals surface area contributed by atoms with Gasteiger partial charge < -0.3 is 4.90 Å². The van der Waals surface area contributed by atoms with Crippen LogP contribution in [0.2, 0.25) is 0 Å². The first kappa shape index (κ1) is 36.3. The minimum absolute atomic E-state index is 0.452. The van der Waals surface area contributed by atoms with Gasteiger partial charge in [-0.25, -0.2) is 0 Å². The van der Waals surface area contributed by atoms with Gasteiger partial charge in [-0.3, -0.25) is 0 Å². The summed E-state index contributed by atoms with van der Waals surface area (Å²) < 4.78 is 1.33. The summed E-state index contributed by atoms with van der Waals surface area (Å²) in [6.07, 6.45) is 0. The molecule has 1 heterocycles. The molecule has 4 aliphatic carbocycles. The third kappa shape index (κ3) is 4.49. The van der Waals surface area contributed by atoms with E-state index in [0.717, 1.165) is 17.1 Å². The Labute approximate surface area is 388 Å². The van der Waals surface area contributed by atoms with Gasteiger partial charge >= 0.3 is 0 Å². The summed E-state index contributed by atoms with van der Waals surface area (Å²) in [5, 5.41) is 1.34. The number of anilines is 3. The van der Waals surface area contributed by atoms with Crippen molar-refractivity contribution in [2.24, 2.45) is 0 Å². The van der Waals surface area contributed by atoms with E-state index in [9.17, 15) is 0 Å². The molecule has 1 aromatic heterocycles. The van der Waals surface area contributed by atoms with Gasteiger partial charge in [0.05, 0.1) is 10.8 Å². The van der Waals surface area contributed by atoms with Crippen LogP contribution in [-0.4, -0.2) is 0 Å². The maximum Gasteiger partial charge on any atom is 0.0740 e. The topological polar surface area (TPSA) is 3.24 Å². The SMILES string of the molecule is c1ccc(-c2ccc(N(c3ccc4c(c3)C3(c5ccccc5-c5ccccc53)c3ccccc3-4)c3ccc4c(c3)C3(c5ccccc5-c5ccccc53)c3c-4sc4ccccc34)cc2)cc1. The fourth-order valence-corrected chi connectivity index (χ4v) is 14.1. The molecule has 0 unspecified atom stereocenters. The minimum atomic E-state index is -0.475. The van der Waals surface area contributed by atoms with Gasteiger partial charge in [-0.1, -0.05) is 194 Å². The molecule has 2 spiro atoms. The molecule has 0 amide bonds. The fraction of sp³-hybridized carbons (Fsp3) is 0.0312. The van der Waals surface area contributed by atoms with Crippen LogP contribution in [0.25, 0.3) is 65.0 Å². The van der Waals surface area contributed by atoms with Crippen molar-refractivity contribution in [1.82, 2.24) is 0 Å². The average molecular weight is 854 g/mol. The lowest BCUT2D eigenvalue weighted by Crippen LogP contribution is -2.26. The zero-order valence-electron chi connectivity index (χ0n) is 35.9. The molecule has 10 aromatic carbocycles. The van der Waals surface area contributed by atoms with Crippen molar-refractivity contribution in [3.8, 4) is 54.9 Å². The van der Waals surface area contributed by atoms with E-state index in [2.05, 4.69) is 241 Å². The second-order valence-corrected chi connectivity index (χ2v) is 19.3. The van der Waals surface area contributed by atoms with E-state index >= 15 is 0 Å². The number of rotatable bonds is 4. The Morgan fingerprint density at radius 1 is 0.288 bits per heavy atom. The molecule has 66 heavy (non-hydrogen) atoms. The second kappa shape index (κ2) is 13.3. The molecule has 15 rings (SSSR count). The van der Waals surface area contributed by atoms with Crippen LogP contribution in [0.15, 0.2) is 237 Å². The lowest BCUT2D eigenvalue weighted by Gasteiger charge is -2.33. The van der Waals surface area contributed by atoms with Crippen molar-refractivity contribution in [3.63, 3.8) is 0 Å². The van der Waals surface area contributed by atoms with Crippen molar-refractivity contribution in [2.45, 2.75) is 10.8 Å². The molecule has 2 heteroatoms. The summed E-state index contributed by atoms with van der Waals surface area (Å²) >= 11 is 1.94. The van der Waals surface area contributed by atoms with Gasteiger partial charge in [-0.15, -0.1) is 11.3 Å². The van der Waals surface area contributed by atoms with Crippen molar-refractivity contribution < 1.29 is 0 Å². The van der Waals surface area contributed by atoms with Crippen LogP contribution in [0.1, 0.15) is 44.5 Å². The van der Waals surface area contributed by atoms with Gasteiger partial charge in [0.15, 0.2) is 0 Å². The van der Waals surface area contributed by atoms with E-state index in [1.807, 2.05) is 11.3 Å². The summed E-state index contributed by atoms with van der Waals surface area (Å²) in [5.41, 5.74) is 24.9. The summed E-state index contributed by atoms with van der Waals surface area (Å²) in [6.45, 7) is 0. The molecule has 4 aliphatic rings. The third-order valence-electron chi connectivity index (χ3n) is 15.3. The van der Waals surface area contributed by atoms with E-state index in [1.54, 1.807) is 0 Å². The average Bonchev–Trinajstić information content (AvgIpc) is 4.15. The lowest BCUT2D eigenvalue weighted by molar-refractivity contribution is 0.793. The van der Waals surface area contributed by atoms with Gasteiger partial charge in [0.25, 0.3) is 0 Å². The van der Waals surface area contributed by atoms with Crippen molar-refractivity contribution in [1.29, 1.82) is 0 Å². The zero-order valence-corrected chi connectivity index (χ0v) is 36.7. The molecule has 0 atom stereocenters. The Bertz CT molecular complexity index is 3730. The van der Waals surface area contributed by atoms with Gasteiger partial charge in [0, 0.05) is 26.6 Å². The molecule has 0 radical (unpaired) electrons. The predicted molar refractivity (Wildman–Crippen MR) is 275 cm³/mol. The largest absolute Gasteiger partial charge is 0.310 e. The first-order chi connectivity index (χ1) is 32.7. The Hall–Kier alpha value is -8.04. The molecule has 0 saturated heterocycles. The van der Waals surface area contributed by atoms with Crippen molar-refractivity contribution in [3.05, 3.63) is 281 Å². The molecule has 0 bridgehead atoms. The monoisotopic (exact) mass is 853 g/mol. The third-order valence-corrected chi connectivity index (χ3v) is 16.5. The summed E-state index contributed by atoms with van der Waals surface area (Å²) in [5.74, 6) is 0. The molecular formula is C64H39NS. The van der Waals surface area contributed by atoms with Crippen LogP contribution in [0, 0.1) is 0 Å². The standard InChI is InChI=1S/C64H39NS/c1-2-16-40(17-3-1)41-30-32-42(33-31-41)65(43-34-36-50-49-22-6-12-26-55(49)63(58(50)38-43)53-24-10-4-18-45(53)46-19-5-11-25-54(46)63)44-35-37-51-59(39-44)64(61-52-23-9-15-29-60(52)66-62(51)61)56-27-13-7-20-47(56)48-21-8-14-28-57(48)64/h1-39H. The van der Waals surface area contributed by atoms with E-state index in [4.69, 9.17) is 0 Å². The molecule has 0 aliphatic heterocycles. The molecule has 1 nitrogen and oxygen atoms in total. The van der Waals surface area contributed by atoms with Crippen LogP contribution in [0.3, 0.4) is 0 Å². The number of fused-ring (bicyclic) bond motifs is 22. The van der Waals surface area contributed by atoms with E-state index in [0.29, 0.717) is 0 Å². The molecule has 306 valence electrons. The van der Waals surface area contributed by atoms with Crippen LogP contribution in [0.4, 0.5) is 17.1 Å². The Morgan fingerprint density at radius 3 is 1.23 bits per heavy atom. The number of thiophene rings is 1. The van der Waals surface area contributed by atoms with E-state index in [1.165, 1.54) is 110 Å². The maximum absolute atomic E-state index is 2.54. The van der Waals surface area contributed by atoms with Gasteiger partial charge in [0.2, 0.25) is 0 Å². The van der Waals surface area contributed by atoms with Gasteiger partial charge in [-0.05, 0) is 142 Å². The zero-order chi connectivity index (χ0) is 43.1. The van der Waals surface area contributed by atoms with Crippen molar-refractivity contribution >= 4 is 38.5 Å². The quantitative estimate of drug-likeness (QED) is 0.170. The van der Waals surface area contributed by atoms with Crippen molar-refractivity contribution in [2.75, 3.05) is 4.90 Å². The number of nitrogens with zero attached hydrogens (tertiary/aromatic N) is 1. The molecule has 0 saturated carbocycles. The maximum atomic E-state index is 2.54. The second-order valence-electron chi connectivity index (χ2n) is 18.2. The number of hydrogen-bond acceptors (Lipinski definition) is 2. The van der Waals surface area contributed by atoms with Crippen LogP contribution in [-0.2, 0) is 10.8 Å². The first-order valence-corrected chi connectivity index (χ1v) is 23.8. The molecule has 11 aromatic rings. The Balaban J connectivity index is 1.00. The minimum Gasteiger partial charge on any atom is -0.310 e.